The van der Waals surface area contributed by atoms with Gasteiger partial charge >= 0.3 is 24.1 Å². The molecular formula is C100H158N11O33S+. The fourth-order valence-electron chi connectivity index (χ4n) is 15.8. The van der Waals surface area contributed by atoms with E-state index < -0.39 is 145 Å². The highest BCUT2D eigenvalue weighted by atomic mass is 32.1. The summed E-state index contributed by atoms with van der Waals surface area (Å²) in [5.74, 6) is -8.08. The van der Waals surface area contributed by atoms with Crippen LogP contribution < -0.4 is 42.0 Å². The van der Waals surface area contributed by atoms with Gasteiger partial charge in [0, 0.05) is 74.6 Å². The lowest BCUT2D eigenvalue weighted by molar-refractivity contribution is -0.942. The van der Waals surface area contributed by atoms with Gasteiger partial charge in [0.15, 0.2) is 12.1 Å². The lowest BCUT2D eigenvalue weighted by Gasteiger charge is -2.44. The Morgan fingerprint density at radius 3 is 1.73 bits per heavy atom. The van der Waals surface area contributed by atoms with Gasteiger partial charge in [-0.15, -0.1) is 11.3 Å². The van der Waals surface area contributed by atoms with Crippen LogP contribution in [0.2, 0.25) is 0 Å². The molecule has 0 bridgehead atoms. The number of aliphatic carboxylic acids is 2. The van der Waals surface area contributed by atoms with Gasteiger partial charge in [-0.1, -0.05) is 90.4 Å². The van der Waals surface area contributed by atoms with Crippen molar-refractivity contribution < 1.29 is 163 Å². The number of unbranched alkanes of at least 4 members (excludes halogenated alkanes) is 1. The van der Waals surface area contributed by atoms with Crippen molar-refractivity contribution in [2.24, 2.45) is 17.8 Å². The third-order valence-electron chi connectivity index (χ3n) is 23.8. The number of imide groups is 1. The molecular weight excluding hydrogens is 1920 g/mol. The Morgan fingerprint density at radius 2 is 1.21 bits per heavy atom. The zero-order valence-electron chi connectivity index (χ0n) is 86.1. The highest BCUT2D eigenvalue weighted by Crippen LogP contribution is 2.36. The Hall–Kier alpha value is -9.89. The number of quaternary nitrogens is 1. The summed E-state index contributed by atoms with van der Waals surface area (Å²) in [4.78, 5) is 166. The largest absolute Gasteiger partial charge is 0.481 e. The number of amides is 10. The van der Waals surface area contributed by atoms with E-state index in [0.29, 0.717) is 186 Å². The number of carbonyl (C=O) groups is 12. The second kappa shape index (κ2) is 67.9. The molecule has 0 radical (unpaired) electrons. The summed E-state index contributed by atoms with van der Waals surface area (Å²) in [6, 6.07) is 9.04. The topological polar surface area (TPSA) is 557 Å². The molecule has 3 aliphatic rings. The minimum absolute atomic E-state index is 0.0219. The number of likely N-dealkylation sites (N-methyl/N-ethyl adjacent to an activating group) is 2. The van der Waals surface area contributed by atoms with E-state index in [4.69, 9.17) is 80.8 Å². The molecule has 15 atom stereocenters. The van der Waals surface area contributed by atoms with Gasteiger partial charge in [0.05, 0.1) is 184 Å². The number of rotatable bonds is 75. The zero-order valence-corrected chi connectivity index (χ0v) is 86.9. The van der Waals surface area contributed by atoms with Crippen molar-refractivity contribution in [3.8, 4) is 5.75 Å². The quantitative estimate of drug-likeness (QED) is 0.0147. The predicted octanol–water partition coefficient (Wildman–Crippen LogP) is 5.34. The van der Waals surface area contributed by atoms with Crippen LogP contribution in [0.15, 0.2) is 78.2 Å². The number of carboxylic acid groups (broad SMARTS) is 2. The zero-order chi connectivity index (χ0) is 106. The first kappa shape index (κ1) is 124. The van der Waals surface area contributed by atoms with E-state index in [2.05, 4.69) is 43.8 Å². The molecule has 2 saturated heterocycles. The maximum absolute atomic E-state index is 15.2. The Morgan fingerprint density at radius 1 is 0.648 bits per heavy atom. The molecule has 6 rings (SSSR count). The van der Waals surface area contributed by atoms with Crippen molar-refractivity contribution in [1.29, 1.82) is 0 Å². The number of hydrogen-bond donors (Lipinski definition) is 12. The highest BCUT2D eigenvalue weighted by Gasteiger charge is 2.50. The molecule has 0 saturated carbocycles. The molecule has 10 amide bonds. The number of hydrogen-bond acceptors (Lipinski definition) is 33. The van der Waals surface area contributed by atoms with E-state index in [-0.39, 0.29) is 136 Å². The molecule has 4 heterocycles. The van der Waals surface area contributed by atoms with E-state index in [9.17, 15) is 73.5 Å². The van der Waals surface area contributed by atoms with E-state index in [0.717, 1.165) is 29.7 Å². The van der Waals surface area contributed by atoms with Gasteiger partial charge in [-0.25, -0.2) is 19.4 Å². The van der Waals surface area contributed by atoms with Gasteiger partial charge in [-0.2, -0.15) is 0 Å². The Balaban J connectivity index is 0.800. The molecule has 44 nitrogen and oxygen atoms in total. The van der Waals surface area contributed by atoms with Gasteiger partial charge in [-0.05, 0) is 115 Å². The smallest absolute Gasteiger partial charge is 0.411 e. The number of aliphatic hydroxyl groups is 3. The molecule has 1 aromatic heterocycles. The summed E-state index contributed by atoms with van der Waals surface area (Å²) in [5.41, 5.74) is 1.53. The molecule has 2 aromatic carbocycles. The lowest BCUT2D eigenvalue weighted by Crippen LogP contribution is -2.63. The minimum Gasteiger partial charge on any atom is -0.481 e. The van der Waals surface area contributed by atoms with Crippen LogP contribution in [0.5, 0.6) is 5.75 Å². The van der Waals surface area contributed by atoms with Gasteiger partial charge < -0.3 is 143 Å². The monoisotopic (exact) mass is 2070 g/mol. The number of carboxylic acids is 2. The Kier molecular flexibility index (Phi) is 57.9. The first-order valence-electron chi connectivity index (χ1n) is 49.9. The van der Waals surface area contributed by atoms with Crippen LogP contribution in [0.1, 0.15) is 173 Å². The van der Waals surface area contributed by atoms with Crippen LogP contribution >= 0.6 is 11.3 Å². The van der Waals surface area contributed by atoms with E-state index in [1.165, 1.54) is 17.4 Å². The van der Waals surface area contributed by atoms with Crippen LogP contribution in [-0.4, -0.2) is 388 Å². The van der Waals surface area contributed by atoms with Gasteiger partial charge in [0.25, 0.3) is 23.6 Å². The van der Waals surface area contributed by atoms with Crippen molar-refractivity contribution in [2.45, 2.75) is 231 Å². The molecule has 12 N–H and O–H groups in total. The van der Waals surface area contributed by atoms with Crippen LogP contribution in [-0.2, 0) is 127 Å². The first-order chi connectivity index (χ1) is 69.3. The fourth-order valence-corrected chi connectivity index (χ4v) is 16.6. The number of benzene rings is 2. The molecule has 1 unspecified atom stereocenters. The van der Waals surface area contributed by atoms with Crippen molar-refractivity contribution >= 4 is 88.4 Å². The number of piperidine rings is 1. The summed E-state index contributed by atoms with van der Waals surface area (Å²) in [6.45, 7) is 29.8. The van der Waals surface area contributed by atoms with Crippen molar-refractivity contribution in [2.75, 3.05) is 204 Å². The average molecular weight is 2070 g/mol. The van der Waals surface area contributed by atoms with Crippen LogP contribution in [0.4, 0.5) is 15.3 Å². The van der Waals surface area contributed by atoms with Crippen LogP contribution in [0.25, 0.3) is 0 Å². The molecule has 3 aromatic rings. The Bertz CT molecular complexity index is 4440. The summed E-state index contributed by atoms with van der Waals surface area (Å²) in [7, 11) is 3.65. The average Bonchev–Trinajstić information content (AvgIpc) is 1.56. The maximum atomic E-state index is 15.2. The van der Waals surface area contributed by atoms with Gasteiger partial charge in [0.2, 0.25) is 29.9 Å². The number of nitrogens with one attached hydrogen (secondary N) is 7. The number of anilines is 1. The summed E-state index contributed by atoms with van der Waals surface area (Å²) in [6.07, 6.45) is -5.12. The van der Waals surface area contributed by atoms with E-state index >= 15 is 9.59 Å². The van der Waals surface area contributed by atoms with Crippen molar-refractivity contribution in [1.82, 2.24) is 46.7 Å². The SMILES string of the molecule is C=C(C)CO[C@H](C[C@H](C(C)C)N(C)C(=O)[C@@H](NC(=O)[C@H]1CCCC[N+]1(C)Cc1ccc(O[C@@H]2O[C@H](C(=O)O)[C@@H](O)[C@H](O)[C@H]2O)c(NC(=O)OCCOCCOCCOCCOCCOCCOCCOCCOCCOCCOCCOCCC(=O)NCCCC[C@H](NC(=O)[C@H](CNC(=O)OC(C)(C)C)N2C(=O)C=CC2=O)C(=O)NCCC)c1)[C@@H](C)CC)c1nc(C(=O)N[C@@H](Cc2ccccc2)C[C@H](C)C(=O)O)cs1. The Labute approximate surface area is 853 Å². The summed E-state index contributed by atoms with van der Waals surface area (Å²) < 4.78 is 90.1. The summed E-state index contributed by atoms with van der Waals surface area (Å²) in [5, 5.41) is 73.3. The number of ether oxygens (including phenoxy) is 16. The molecule has 45 heteroatoms. The van der Waals surface area contributed by atoms with Crippen molar-refractivity contribution in [3.63, 3.8) is 0 Å². The summed E-state index contributed by atoms with van der Waals surface area (Å²) >= 11 is 1.24. The van der Waals surface area contributed by atoms with E-state index in [1.807, 2.05) is 78.9 Å². The van der Waals surface area contributed by atoms with Gasteiger partial charge in [0.1, 0.15) is 77.7 Å². The molecule has 2 fully saturated rings. The van der Waals surface area contributed by atoms with Crippen LogP contribution in [0, 0.1) is 17.8 Å². The number of nitrogens with zero attached hydrogens (tertiary/aromatic N) is 4. The number of aromatic nitrogens is 1. The predicted molar refractivity (Wildman–Crippen MR) is 529 cm³/mol. The molecule has 0 aliphatic carbocycles. The fraction of sp³-hybridized carbons (Fsp3) is 0.690. The molecule has 816 valence electrons. The third kappa shape index (κ3) is 46.6. The minimum atomic E-state index is -2.01. The van der Waals surface area contributed by atoms with Crippen LogP contribution in [0.3, 0.4) is 0 Å². The highest BCUT2D eigenvalue weighted by molar-refractivity contribution is 7.09. The third-order valence-corrected chi connectivity index (χ3v) is 24.8. The number of thiazole rings is 1. The normalized spacial score (nSPS) is 19.0. The van der Waals surface area contributed by atoms with Gasteiger partial charge in [-0.3, -0.25) is 53.4 Å². The molecule has 3 aliphatic heterocycles. The maximum Gasteiger partial charge on any atom is 0.411 e. The molecule has 0 spiro atoms. The molecule has 145 heavy (non-hydrogen) atoms. The lowest BCUT2D eigenvalue weighted by atomic mass is 9.92. The van der Waals surface area contributed by atoms with E-state index in [1.54, 1.807) is 57.2 Å². The second-order valence-electron chi connectivity index (χ2n) is 37.3. The second-order valence-corrected chi connectivity index (χ2v) is 38.2. The number of aliphatic hydroxyl groups excluding tert-OH is 3. The first-order valence-corrected chi connectivity index (χ1v) is 50.8. The van der Waals surface area contributed by atoms with Crippen molar-refractivity contribution in [3.05, 3.63) is 100 Å². The number of alkyl carbamates (subject to hydrolysis) is 1. The number of carbonyl (C=O) groups excluding carboxylic acids is 10. The standard InChI is InChI=1S/C100H157N11O33S/c1-14-32-102-89(118)73(105-91(120)77(110-82(113)29-30-83(110)114)62-103-98(127)144-100(9,10)11)25-19-21-33-101-81(112)31-35-129-36-37-130-38-39-131-40-41-132-42-43-133-44-45-134-46-47-135-48-49-136-50-51-137-52-53-138-54-55-139-56-57-140-99(128)107-74-60-71(27-28-79(74)142-97-87(117)85(115)86(116)88(143-97)96(125)126)63-111(13)34-22-20-26-78(111)92(121)108-84(68(7)15-2)94(122)109(12)76(67(5)6)61-80(141-64-66(3)4)93-106-75(65-145-93)90(119)104-72(58-69(8)95(123)124)59-70-23-17-16-18-24-70/h16-18,23-24,27-30,60,65,67-69,72-73,76-78,80,84-88,97,115-117H,3,14-15,19-22,25-26,31-59,61-64H2,1-2,4-13H3,(H8-,101,102,103,104,105,107,108,112,118,119,120,121,123,124,125,126,127,128)/p+1/t68-,69-,72+,73-,76+,77-,78+,80+,84-,85-,86-,87+,88-,97+,111?/m0/s1. The number of likely N-dealkylation sites (tertiary alicyclic amines) is 1.